The molecule has 1 amide bonds. The molecule has 2 aliphatic rings. The van der Waals surface area contributed by atoms with Gasteiger partial charge in [0.2, 0.25) is 0 Å². The van der Waals surface area contributed by atoms with Gasteiger partial charge in [-0.2, -0.15) is 0 Å². The fourth-order valence-corrected chi connectivity index (χ4v) is 3.39. The van der Waals surface area contributed by atoms with Crippen LogP contribution in [0.5, 0.6) is 0 Å². The van der Waals surface area contributed by atoms with Crippen molar-refractivity contribution < 1.29 is 4.79 Å². The number of nitrogens with zero attached hydrogens (tertiary/aromatic N) is 3. The summed E-state index contributed by atoms with van der Waals surface area (Å²) in [5, 5.41) is 11.5. The van der Waals surface area contributed by atoms with Crippen LogP contribution in [0.15, 0.2) is 64.7 Å². The van der Waals surface area contributed by atoms with Crippen molar-refractivity contribution in [2.45, 2.75) is 6.17 Å². The number of carbonyl (C=O) groups is 1. The van der Waals surface area contributed by atoms with Crippen molar-refractivity contribution in [1.29, 1.82) is 0 Å². The molecule has 0 saturated heterocycles. The lowest BCUT2D eigenvalue weighted by Gasteiger charge is -2.32. The number of hydrogen-bond donors (Lipinski definition) is 1. The van der Waals surface area contributed by atoms with Crippen LogP contribution in [0.1, 0.15) is 5.56 Å². The van der Waals surface area contributed by atoms with Gasteiger partial charge < -0.3 is 0 Å². The number of amidine groups is 1. The molecular weight excluding hydrogens is 368 g/mol. The molecule has 2 heterocycles. The monoisotopic (exact) mass is 382 g/mol. The summed E-state index contributed by atoms with van der Waals surface area (Å²) in [4.78, 5) is 17.5. The van der Waals surface area contributed by atoms with Gasteiger partial charge in [-0.1, -0.05) is 59.8 Å². The van der Waals surface area contributed by atoms with Crippen molar-refractivity contribution in [3.05, 3.63) is 75.8 Å². The maximum absolute atomic E-state index is 12.7. The highest BCUT2D eigenvalue weighted by Crippen LogP contribution is 2.21. The van der Waals surface area contributed by atoms with Crippen LogP contribution in [0.2, 0.25) is 5.02 Å². The van der Waals surface area contributed by atoms with Gasteiger partial charge in [-0.15, -0.1) is 5.10 Å². The van der Waals surface area contributed by atoms with Gasteiger partial charge in [0, 0.05) is 10.2 Å². The fraction of sp³-hybridized carbons (Fsp3) is 0.105. The lowest BCUT2D eigenvalue weighted by molar-refractivity contribution is -0.116. The molecule has 0 aliphatic carbocycles. The van der Waals surface area contributed by atoms with E-state index in [1.54, 1.807) is 17.1 Å². The standard InChI is InChI=1S/C19H15ClN4OS/c1-26-19-22-18(25)17-14-11-13(20)8-9-15(14)21-16(24(17)23-19)10-7-12-5-3-2-4-6-12/h2-11,16H,1H3,(H,22,23,25)/b10-7+. The number of thioether (sulfide) groups is 1. The minimum atomic E-state index is -0.410. The molecule has 1 N–H and O–H groups in total. The van der Waals surface area contributed by atoms with Crippen LogP contribution in [0.4, 0.5) is 0 Å². The second kappa shape index (κ2) is 6.97. The van der Waals surface area contributed by atoms with Crippen molar-refractivity contribution >= 4 is 46.2 Å². The van der Waals surface area contributed by atoms with Crippen LogP contribution < -0.4 is 15.9 Å². The Kier molecular flexibility index (Phi) is 4.53. The summed E-state index contributed by atoms with van der Waals surface area (Å²) in [6.45, 7) is 0. The molecule has 2 aliphatic heterocycles. The van der Waals surface area contributed by atoms with E-state index in [4.69, 9.17) is 16.6 Å². The summed E-state index contributed by atoms with van der Waals surface area (Å²) in [6, 6.07) is 15.3. The number of hydrogen-bond acceptors (Lipinski definition) is 5. The Labute approximate surface area is 159 Å². The van der Waals surface area contributed by atoms with Crippen LogP contribution in [-0.2, 0) is 4.79 Å². The van der Waals surface area contributed by atoms with E-state index in [1.807, 2.05) is 54.8 Å². The molecule has 4 rings (SSSR count). The highest BCUT2D eigenvalue weighted by atomic mass is 35.5. The van der Waals surface area contributed by atoms with Crippen LogP contribution in [0.3, 0.4) is 0 Å². The van der Waals surface area contributed by atoms with Gasteiger partial charge >= 0.3 is 0 Å². The number of halogens is 1. The van der Waals surface area contributed by atoms with Gasteiger partial charge in [0.25, 0.3) is 5.91 Å². The first-order chi connectivity index (χ1) is 12.7. The molecule has 0 spiro atoms. The quantitative estimate of drug-likeness (QED) is 0.866. The molecule has 2 aromatic carbocycles. The molecule has 0 aromatic heterocycles. The van der Waals surface area contributed by atoms with E-state index in [-0.39, 0.29) is 5.91 Å². The third kappa shape index (κ3) is 3.13. The molecule has 0 saturated carbocycles. The summed E-state index contributed by atoms with van der Waals surface area (Å²) >= 11 is 7.51. The zero-order chi connectivity index (χ0) is 18.1. The predicted molar refractivity (Wildman–Crippen MR) is 106 cm³/mol. The van der Waals surface area contributed by atoms with E-state index in [0.29, 0.717) is 21.1 Å². The van der Waals surface area contributed by atoms with Crippen LogP contribution in [-0.4, -0.2) is 28.5 Å². The molecule has 0 radical (unpaired) electrons. The SMILES string of the molecule is CSC1=NN2C(=c3cc(Cl)ccc3=NC2/C=C/c2ccccc2)C(=O)N1. The Morgan fingerprint density at radius 1 is 1.23 bits per heavy atom. The van der Waals surface area contributed by atoms with E-state index in [2.05, 4.69) is 10.4 Å². The number of amides is 1. The van der Waals surface area contributed by atoms with Crippen LogP contribution in [0, 0.1) is 0 Å². The minimum Gasteiger partial charge on any atom is -0.298 e. The van der Waals surface area contributed by atoms with Crippen molar-refractivity contribution in [1.82, 2.24) is 10.3 Å². The number of carbonyl (C=O) groups excluding carboxylic acids is 1. The molecular formula is C19H15ClN4OS. The average Bonchev–Trinajstić information content (AvgIpc) is 2.66. The largest absolute Gasteiger partial charge is 0.298 e. The van der Waals surface area contributed by atoms with E-state index in [0.717, 1.165) is 10.9 Å². The predicted octanol–water partition coefficient (Wildman–Crippen LogP) is 2.19. The van der Waals surface area contributed by atoms with Gasteiger partial charge in [0.1, 0.15) is 5.70 Å². The lowest BCUT2D eigenvalue weighted by Crippen LogP contribution is -2.52. The van der Waals surface area contributed by atoms with E-state index in [9.17, 15) is 4.79 Å². The molecule has 1 unspecified atom stereocenters. The molecule has 0 fully saturated rings. The zero-order valence-corrected chi connectivity index (χ0v) is 15.5. The lowest BCUT2D eigenvalue weighted by atomic mass is 10.1. The molecule has 130 valence electrons. The van der Waals surface area contributed by atoms with Gasteiger partial charge in [-0.3, -0.25) is 15.1 Å². The second-order valence-electron chi connectivity index (χ2n) is 5.73. The van der Waals surface area contributed by atoms with Gasteiger partial charge in [0.15, 0.2) is 11.3 Å². The highest BCUT2D eigenvalue weighted by Gasteiger charge is 2.32. The first-order valence-electron chi connectivity index (χ1n) is 8.00. The van der Waals surface area contributed by atoms with Crippen molar-refractivity contribution in [2.24, 2.45) is 10.1 Å². The van der Waals surface area contributed by atoms with Crippen LogP contribution in [0.25, 0.3) is 11.8 Å². The number of hydrazone groups is 1. The van der Waals surface area contributed by atoms with Crippen LogP contribution >= 0.6 is 23.4 Å². The maximum atomic E-state index is 12.7. The third-order valence-electron chi connectivity index (χ3n) is 4.05. The third-order valence-corrected chi connectivity index (χ3v) is 4.86. The molecule has 2 aromatic rings. The fourth-order valence-electron chi connectivity index (χ4n) is 2.86. The minimum absolute atomic E-state index is 0.208. The number of rotatable bonds is 2. The Morgan fingerprint density at radius 3 is 2.81 bits per heavy atom. The van der Waals surface area contributed by atoms with Gasteiger partial charge in [0.05, 0.1) is 5.36 Å². The van der Waals surface area contributed by atoms with E-state index >= 15 is 0 Å². The van der Waals surface area contributed by atoms with E-state index < -0.39 is 6.17 Å². The van der Waals surface area contributed by atoms with E-state index in [1.165, 1.54) is 11.8 Å². The molecule has 26 heavy (non-hydrogen) atoms. The Hall–Kier alpha value is -2.57. The molecule has 7 heteroatoms. The summed E-state index contributed by atoms with van der Waals surface area (Å²) in [5.41, 5.74) is 1.51. The smallest absolute Gasteiger partial charge is 0.276 e. The molecule has 1 atom stereocenters. The number of fused-ring (bicyclic) bond motifs is 2. The molecule has 5 nitrogen and oxygen atoms in total. The zero-order valence-electron chi connectivity index (χ0n) is 13.9. The Balaban J connectivity index is 1.86. The summed E-state index contributed by atoms with van der Waals surface area (Å²) < 4.78 is 0. The highest BCUT2D eigenvalue weighted by molar-refractivity contribution is 8.13. The first kappa shape index (κ1) is 16.9. The number of nitrogens with one attached hydrogen (secondary N) is 1. The normalized spacial score (nSPS) is 18.8. The van der Waals surface area contributed by atoms with Gasteiger partial charge in [-0.05, 0) is 36.1 Å². The Morgan fingerprint density at radius 2 is 2.04 bits per heavy atom. The first-order valence-corrected chi connectivity index (χ1v) is 9.60. The Bertz CT molecular complexity index is 1050. The van der Waals surface area contributed by atoms with Gasteiger partial charge in [-0.25, -0.2) is 5.01 Å². The summed E-state index contributed by atoms with van der Waals surface area (Å²) in [7, 11) is 0. The summed E-state index contributed by atoms with van der Waals surface area (Å²) in [5.74, 6) is -0.208. The average molecular weight is 383 g/mol. The topological polar surface area (TPSA) is 57.1 Å². The van der Waals surface area contributed by atoms with Crippen molar-refractivity contribution in [3.8, 4) is 0 Å². The van der Waals surface area contributed by atoms with Crippen molar-refractivity contribution in [2.75, 3.05) is 6.26 Å². The maximum Gasteiger partial charge on any atom is 0.276 e. The summed E-state index contributed by atoms with van der Waals surface area (Å²) in [6.07, 6.45) is 5.37. The second-order valence-corrected chi connectivity index (χ2v) is 6.96. The number of benzene rings is 2. The molecule has 0 bridgehead atoms. The van der Waals surface area contributed by atoms with Crippen molar-refractivity contribution in [3.63, 3.8) is 0 Å².